The van der Waals surface area contributed by atoms with E-state index in [1.807, 2.05) is 0 Å². The third-order valence-electron chi connectivity index (χ3n) is 14.0. The van der Waals surface area contributed by atoms with Crippen LogP contribution >= 0.6 is 17.0 Å². The number of hydrogen-bond donors (Lipinski definition) is 0. The zero-order valence-corrected chi connectivity index (χ0v) is 32.2. The molecule has 39 heavy (non-hydrogen) atoms. The van der Waals surface area contributed by atoms with E-state index in [9.17, 15) is 0 Å². The molecule has 0 aromatic carbocycles. The topological polar surface area (TPSA) is 0 Å². The van der Waals surface area contributed by atoms with Crippen molar-refractivity contribution in [3.8, 4) is 0 Å². The van der Waals surface area contributed by atoms with Crippen LogP contribution in [0.15, 0.2) is 0 Å². The molecule has 6 saturated carbocycles. The van der Waals surface area contributed by atoms with Crippen LogP contribution in [0.5, 0.6) is 0 Å². The second-order valence-corrected chi connectivity index (χ2v) is 25.2. The monoisotopic (exact) mass is 672 g/mol. The number of halogens is 2. The Balaban J connectivity index is 0.000000805. The van der Waals surface area contributed by atoms with Crippen molar-refractivity contribution in [2.24, 2.45) is 76.9 Å². The molecule has 6 fully saturated rings. The summed E-state index contributed by atoms with van der Waals surface area (Å²) in [5.41, 5.74) is 2.26. The van der Waals surface area contributed by atoms with Crippen LogP contribution in [0.2, 0.25) is 24.2 Å². The molecule has 0 aromatic heterocycles. The van der Waals surface area contributed by atoms with Gasteiger partial charge in [0, 0.05) is 0 Å². The molecule has 4 heteroatoms. The van der Waals surface area contributed by atoms with Gasteiger partial charge in [0.25, 0.3) is 0 Å². The van der Waals surface area contributed by atoms with Crippen LogP contribution in [0.4, 0.5) is 0 Å². The fourth-order valence-electron chi connectivity index (χ4n) is 13.2. The first-order valence-corrected chi connectivity index (χ1v) is 26.0. The predicted molar refractivity (Wildman–Crippen MR) is 174 cm³/mol. The molecule has 14 unspecified atom stereocenters. The first-order chi connectivity index (χ1) is 17.6. The summed E-state index contributed by atoms with van der Waals surface area (Å²) < 4.78 is 0. The molecule has 0 aliphatic heterocycles. The summed E-state index contributed by atoms with van der Waals surface area (Å²) in [7, 11) is 8.47. The van der Waals surface area contributed by atoms with Crippen molar-refractivity contribution in [1.82, 2.24) is 0 Å². The van der Waals surface area contributed by atoms with Crippen molar-refractivity contribution in [3.63, 3.8) is 0 Å². The molecule has 0 amide bonds. The minimum atomic E-state index is -1.40. The summed E-state index contributed by atoms with van der Waals surface area (Å²) in [6, 6.07) is 0. The quantitative estimate of drug-likeness (QED) is 0.202. The third kappa shape index (κ3) is 6.56. The van der Waals surface area contributed by atoms with Gasteiger partial charge in [-0.3, -0.25) is 0 Å². The van der Waals surface area contributed by atoms with Gasteiger partial charge >= 0.3 is 37.9 Å². The molecule has 6 rings (SSSR count). The van der Waals surface area contributed by atoms with Gasteiger partial charge in [0.05, 0.1) is 8.07 Å². The second kappa shape index (κ2) is 14.2. The number of rotatable bonds is 2. The first kappa shape index (κ1) is 35.2. The standard InChI is InChI=1S/C33H58Si.2CH3.2ClH.Zr/c1-19-8-11-24-17-22(4)31-28(27(24)14-19)18-23(5)32(31)34(6,7)33-29-15-20(2)9-12-25(29)26-13-10-21(3)16-30(26)33;;;;;/h19-33H,8-18H2,1-7H3;2*1H3;2*1H;/q;2*-1;;;+4/p-2. The van der Waals surface area contributed by atoms with E-state index >= 15 is 0 Å². The molecule has 14 atom stereocenters. The van der Waals surface area contributed by atoms with Crippen LogP contribution in [0.1, 0.15) is 105 Å². The van der Waals surface area contributed by atoms with Crippen LogP contribution in [0, 0.1) is 91.8 Å². The minimum absolute atomic E-state index is 0. The summed E-state index contributed by atoms with van der Waals surface area (Å²) in [5, 5.41) is 0. The van der Waals surface area contributed by atoms with Crippen LogP contribution in [-0.2, 0) is 20.8 Å². The Labute approximate surface area is 265 Å². The molecule has 0 saturated heterocycles. The van der Waals surface area contributed by atoms with E-state index in [4.69, 9.17) is 17.0 Å². The molecular formula is C35H64Cl2SiZr. The van der Waals surface area contributed by atoms with Gasteiger partial charge < -0.3 is 14.9 Å². The Bertz CT molecular complexity index is 748. The van der Waals surface area contributed by atoms with Crippen LogP contribution in [-0.4, -0.2) is 8.07 Å². The van der Waals surface area contributed by atoms with E-state index in [-0.39, 0.29) is 14.9 Å². The average molecular weight is 675 g/mol. The van der Waals surface area contributed by atoms with Gasteiger partial charge in [-0.1, -0.05) is 67.0 Å². The van der Waals surface area contributed by atoms with E-state index in [2.05, 4.69) is 47.7 Å². The molecule has 0 heterocycles. The summed E-state index contributed by atoms with van der Waals surface area (Å²) >= 11 is -0.826. The maximum atomic E-state index is 4.93. The first-order valence-electron chi connectivity index (χ1n) is 16.5. The summed E-state index contributed by atoms with van der Waals surface area (Å²) in [5.74, 6) is 13.8. The Hall–Kier alpha value is 1.68. The molecule has 0 N–H and O–H groups in total. The summed E-state index contributed by atoms with van der Waals surface area (Å²) in [6.07, 6.45) is 17.3. The van der Waals surface area contributed by atoms with Crippen molar-refractivity contribution >= 4 is 25.1 Å². The van der Waals surface area contributed by atoms with Crippen LogP contribution < -0.4 is 0 Å². The number of hydrogen-bond acceptors (Lipinski definition) is 0. The molecule has 6 aliphatic carbocycles. The Kier molecular flexibility index (Phi) is 12.8. The van der Waals surface area contributed by atoms with Crippen molar-refractivity contribution in [2.75, 3.05) is 0 Å². The fourth-order valence-corrected chi connectivity index (χ4v) is 19.8. The maximum absolute atomic E-state index is 4.93. The zero-order chi connectivity index (χ0) is 26.6. The van der Waals surface area contributed by atoms with Crippen molar-refractivity contribution in [1.29, 1.82) is 0 Å². The van der Waals surface area contributed by atoms with Gasteiger partial charge in [-0.2, -0.15) is 0 Å². The molecular weight excluding hydrogens is 611 g/mol. The predicted octanol–water partition coefficient (Wildman–Crippen LogP) is 12.2. The van der Waals surface area contributed by atoms with Crippen molar-refractivity contribution < 1.29 is 20.8 Å². The normalized spacial score (nSPS) is 50.3. The Morgan fingerprint density at radius 2 is 0.974 bits per heavy atom. The number of fused-ring (bicyclic) bond motifs is 6. The molecule has 226 valence electrons. The van der Waals surface area contributed by atoms with Crippen molar-refractivity contribution in [2.45, 2.75) is 129 Å². The van der Waals surface area contributed by atoms with E-state index in [1.165, 1.54) is 19.3 Å². The van der Waals surface area contributed by atoms with Gasteiger partial charge in [0.15, 0.2) is 0 Å². The van der Waals surface area contributed by atoms with Crippen LogP contribution in [0.3, 0.4) is 0 Å². The van der Waals surface area contributed by atoms with Gasteiger partial charge in [-0.25, -0.2) is 0 Å². The van der Waals surface area contributed by atoms with Gasteiger partial charge in [-0.05, 0) is 139 Å². The van der Waals surface area contributed by atoms with Gasteiger partial charge in [0.1, 0.15) is 0 Å². The second-order valence-electron chi connectivity index (χ2n) is 16.4. The van der Waals surface area contributed by atoms with E-state index in [1.54, 1.807) is 51.4 Å². The third-order valence-corrected chi connectivity index (χ3v) is 19.2. The summed E-state index contributed by atoms with van der Waals surface area (Å²) in [4.78, 5) is 0. The summed E-state index contributed by atoms with van der Waals surface area (Å²) in [6.45, 7) is 19.2. The molecule has 0 bridgehead atoms. The molecule has 0 aromatic rings. The van der Waals surface area contributed by atoms with Gasteiger partial charge in [-0.15, -0.1) is 0 Å². The fraction of sp³-hybridized carbons (Fsp3) is 0.943. The molecule has 0 radical (unpaired) electrons. The molecule has 6 aliphatic rings. The Morgan fingerprint density at radius 3 is 1.49 bits per heavy atom. The SMILES string of the molecule is CC1CCC2CC(C)C3C(CC(C)C3[Si](C)(C)C3C4CC(C)CCC4C4CCC(C)CC43)C2C1.[CH3-].[CH3-].[Cl][Zr+2][Cl]. The zero-order valence-electron chi connectivity index (χ0n) is 27.2. The van der Waals surface area contributed by atoms with Crippen LogP contribution in [0.25, 0.3) is 0 Å². The van der Waals surface area contributed by atoms with E-state index in [0.717, 1.165) is 88.0 Å². The average Bonchev–Trinajstić information content (AvgIpc) is 3.35. The molecule has 0 nitrogen and oxygen atoms in total. The van der Waals surface area contributed by atoms with Crippen molar-refractivity contribution in [3.05, 3.63) is 14.9 Å². The Morgan fingerprint density at radius 1 is 0.513 bits per heavy atom. The van der Waals surface area contributed by atoms with E-state index in [0.29, 0.717) is 0 Å². The molecule has 0 spiro atoms. The van der Waals surface area contributed by atoms with E-state index < -0.39 is 28.9 Å². The van der Waals surface area contributed by atoms with Gasteiger partial charge in [0.2, 0.25) is 0 Å².